The van der Waals surface area contributed by atoms with Gasteiger partial charge in [0.25, 0.3) is 0 Å². The summed E-state index contributed by atoms with van der Waals surface area (Å²) < 4.78 is 0. The van der Waals surface area contributed by atoms with Crippen molar-refractivity contribution in [1.82, 2.24) is 15.3 Å². The van der Waals surface area contributed by atoms with Crippen LogP contribution in [0.3, 0.4) is 0 Å². The van der Waals surface area contributed by atoms with E-state index >= 15 is 0 Å². The van der Waals surface area contributed by atoms with Gasteiger partial charge in [0.15, 0.2) is 5.16 Å². The number of nitriles is 1. The van der Waals surface area contributed by atoms with Gasteiger partial charge in [0.1, 0.15) is 5.54 Å². The highest BCUT2D eigenvalue weighted by Crippen LogP contribution is 2.38. The fraction of sp³-hybridized carbons (Fsp3) is 0.643. The number of nitrogens with zero attached hydrogens (tertiary/aromatic N) is 3. The van der Waals surface area contributed by atoms with Crippen LogP contribution in [0.15, 0.2) is 17.6 Å². The Balaban J connectivity index is 1.94. The smallest absolute Gasteiger partial charge is 0.187 e. The van der Waals surface area contributed by atoms with E-state index in [1.165, 1.54) is 0 Å². The van der Waals surface area contributed by atoms with Crippen LogP contribution >= 0.6 is 11.8 Å². The van der Waals surface area contributed by atoms with Gasteiger partial charge in [-0.25, -0.2) is 9.97 Å². The Labute approximate surface area is 119 Å². The lowest BCUT2D eigenvalue weighted by Gasteiger charge is -2.22. The zero-order valence-electron chi connectivity index (χ0n) is 11.5. The predicted molar refractivity (Wildman–Crippen MR) is 76.9 cm³/mol. The maximum absolute atomic E-state index is 9.41. The third-order valence-corrected chi connectivity index (χ3v) is 4.58. The first kappa shape index (κ1) is 14.3. The van der Waals surface area contributed by atoms with Crippen molar-refractivity contribution in [3.63, 3.8) is 0 Å². The van der Waals surface area contributed by atoms with Crippen molar-refractivity contribution >= 4 is 11.8 Å². The third kappa shape index (κ3) is 3.68. The van der Waals surface area contributed by atoms with E-state index in [9.17, 15) is 5.26 Å². The Morgan fingerprint density at radius 3 is 2.89 bits per heavy atom. The Morgan fingerprint density at radius 1 is 1.53 bits per heavy atom. The van der Waals surface area contributed by atoms with Crippen LogP contribution in [0.2, 0.25) is 0 Å². The third-order valence-electron chi connectivity index (χ3n) is 3.43. The van der Waals surface area contributed by atoms with Gasteiger partial charge < -0.3 is 0 Å². The van der Waals surface area contributed by atoms with Crippen LogP contribution in [0.1, 0.15) is 38.2 Å². The summed E-state index contributed by atoms with van der Waals surface area (Å²) in [5.41, 5.74) is 0.741. The molecule has 1 aliphatic carbocycles. The minimum absolute atomic E-state index is 0.335. The molecule has 2 unspecified atom stereocenters. The lowest BCUT2D eigenvalue weighted by atomic mass is 10.00. The molecule has 0 aromatic carbocycles. The lowest BCUT2D eigenvalue weighted by molar-refractivity contribution is 0.424. The van der Waals surface area contributed by atoms with E-state index in [0.717, 1.165) is 42.9 Å². The van der Waals surface area contributed by atoms with Crippen LogP contribution < -0.4 is 5.32 Å². The minimum Gasteiger partial charge on any atom is -0.299 e. The molecule has 1 heterocycles. The summed E-state index contributed by atoms with van der Waals surface area (Å²) in [5.74, 6) is 0. The van der Waals surface area contributed by atoms with Gasteiger partial charge in [0, 0.05) is 17.6 Å². The van der Waals surface area contributed by atoms with Gasteiger partial charge in [-0.05, 0) is 44.7 Å². The lowest BCUT2D eigenvalue weighted by Crippen LogP contribution is -2.42. The van der Waals surface area contributed by atoms with Crippen LogP contribution in [0.25, 0.3) is 0 Å². The number of hydrogen-bond donors (Lipinski definition) is 1. The predicted octanol–water partition coefficient (Wildman–Crippen LogP) is 2.69. The molecule has 0 aliphatic heterocycles. The highest BCUT2D eigenvalue weighted by molar-refractivity contribution is 7.99. The highest BCUT2D eigenvalue weighted by Gasteiger charge is 2.39. The zero-order valence-corrected chi connectivity index (χ0v) is 12.3. The molecule has 1 aromatic rings. The molecule has 0 saturated heterocycles. The summed E-state index contributed by atoms with van der Waals surface area (Å²) >= 11 is 1.70. The van der Waals surface area contributed by atoms with Crippen molar-refractivity contribution < 1.29 is 0 Å². The van der Waals surface area contributed by atoms with Gasteiger partial charge >= 0.3 is 0 Å². The number of aromatic nitrogens is 2. The van der Waals surface area contributed by atoms with E-state index in [4.69, 9.17) is 0 Å². The molecular formula is C14H20N4S. The van der Waals surface area contributed by atoms with E-state index in [2.05, 4.69) is 28.3 Å². The fourth-order valence-electron chi connectivity index (χ4n) is 2.36. The highest BCUT2D eigenvalue weighted by atomic mass is 32.2. The van der Waals surface area contributed by atoms with E-state index < -0.39 is 0 Å². The van der Waals surface area contributed by atoms with Crippen molar-refractivity contribution in [2.75, 3.05) is 6.54 Å². The number of hydrogen-bond acceptors (Lipinski definition) is 5. The molecule has 1 aliphatic rings. The van der Waals surface area contributed by atoms with Crippen molar-refractivity contribution in [1.29, 1.82) is 5.26 Å². The summed E-state index contributed by atoms with van der Waals surface area (Å²) in [5, 5.41) is 14.1. The molecule has 1 N–H and O–H groups in total. The number of thioether (sulfide) groups is 1. The van der Waals surface area contributed by atoms with E-state index in [0.29, 0.717) is 5.25 Å². The standard InChI is InChI=1S/C14H20N4S/c1-3-6-18-14(10-15)5-4-12(7-14)19-13-16-8-11(2)9-17-13/h8-9,12,18H,3-7H2,1-2H3. The second-order valence-electron chi connectivity index (χ2n) is 5.15. The summed E-state index contributed by atoms with van der Waals surface area (Å²) in [6.45, 7) is 5.02. The van der Waals surface area contributed by atoms with E-state index in [1.54, 1.807) is 11.8 Å². The molecule has 0 amide bonds. The largest absolute Gasteiger partial charge is 0.299 e. The Bertz CT molecular complexity index is 454. The van der Waals surface area contributed by atoms with Crippen LogP contribution in [-0.2, 0) is 0 Å². The molecule has 4 nitrogen and oxygen atoms in total. The molecule has 0 radical (unpaired) electrons. The molecule has 2 rings (SSSR count). The number of rotatable bonds is 5. The molecule has 1 aromatic heterocycles. The molecule has 1 saturated carbocycles. The topological polar surface area (TPSA) is 61.6 Å². The maximum atomic E-state index is 9.41. The summed E-state index contributed by atoms with van der Waals surface area (Å²) in [6.07, 6.45) is 7.60. The first-order valence-electron chi connectivity index (χ1n) is 6.79. The van der Waals surface area contributed by atoms with Gasteiger partial charge in [0.2, 0.25) is 0 Å². The van der Waals surface area contributed by atoms with Crippen LogP contribution in [-0.4, -0.2) is 27.3 Å². The van der Waals surface area contributed by atoms with Crippen molar-refractivity contribution in [3.8, 4) is 6.07 Å². The van der Waals surface area contributed by atoms with Crippen molar-refractivity contribution in [2.24, 2.45) is 0 Å². The number of aryl methyl sites for hydroxylation is 1. The summed E-state index contributed by atoms with van der Waals surface area (Å²) in [4.78, 5) is 8.65. The van der Waals surface area contributed by atoms with E-state index in [-0.39, 0.29) is 5.54 Å². The fourth-order valence-corrected chi connectivity index (χ4v) is 3.49. The average Bonchev–Trinajstić information content (AvgIpc) is 2.83. The Kier molecular flexibility index (Phi) is 4.78. The van der Waals surface area contributed by atoms with Gasteiger partial charge in [-0.3, -0.25) is 5.32 Å². The Morgan fingerprint density at radius 2 is 2.26 bits per heavy atom. The minimum atomic E-state index is -0.335. The van der Waals surface area contributed by atoms with Crippen LogP contribution in [0.4, 0.5) is 0 Å². The molecule has 2 atom stereocenters. The maximum Gasteiger partial charge on any atom is 0.187 e. The van der Waals surface area contributed by atoms with Gasteiger partial charge in [0.05, 0.1) is 6.07 Å². The van der Waals surface area contributed by atoms with Crippen molar-refractivity contribution in [2.45, 2.75) is 55.5 Å². The van der Waals surface area contributed by atoms with Crippen molar-refractivity contribution in [3.05, 3.63) is 18.0 Å². The first-order chi connectivity index (χ1) is 9.17. The van der Waals surface area contributed by atoms with Gasteiger partial charge in [-0.2, -0.15) is 5.26 Å². The van der Waals surface area contributed by atoms with E-state index in [1.807, 2.05) is 19.3 Å². The normalized spacial score (nSPS) is 26.3. The Hall–Kier alpha value is -1.12. The molecular weight excluding hydrogens is 256 g/mol. The molecule has 1 fully saturated rings. The second-order valence-corrected chi connectivity index (χ2v) is 6.41. The average molecular weight is 276 g/mol. The van der Waals surface area contributed by atoms with Gasteiger partial charge in [-0.15, -0.1) is 0 Å². The zero-order chi connectivity index (χ0) is 13.7. The second kappa shape index (κ2) is 6.36. The number of nitrogens with one attached hydrogen (secondary N) is 1. The monoisotopic (exact) mass is 276 g/mol. The molecule has 5 heteroatoms. The summed E-state index contributed by atoms with van der Waals surface area (Å²) in [7, 11) is 0. The molecule has 102 valence electrons. The van der Waals surface area contributed by atoms with Crippen LogP contribution in [0, 0.1) is 18.3 Å². The SMILES string of the molecule is CCCNC1(C#N)CCC(Sc2ncc(C)cn2)C1. The van der Waals surface area contributed by atoms with Crippen LogP contribution in [0.5, 0.6) is 0 Å². The quantitative estimate of drug-likeness (QED) is 0.838. The first-order valence-corrected chi connectivity index (χ1v) is 7.67. The van der Waals surface area contributed by atoms with Gasteiger partial charge in [-0.1, -0.05) is 18.7 Å². The molecule has 0 spiro atoms. The molecule has 0 bridgehead atoms. The molecule has 19 heavy (non-hydrogen) atoms. The summed E-state index contributed by atoms with van der Waals surface area (Å²) in [6, 6.07) is 2.47.